The topological polar surface area (TPSA) is 17.0 Å². The van der Waals surface area contributed by atoms with Gasteiger partial charge in [-0.1, -0.05) is 176 Å². The van der Waals surface area contributed by atoms with Crippen LogP contribution in [0.5, 0.6) is 0 Å². The Morgan fingerprint density at radius 3 is 1.67 bits per heavy atom. The minimum absolute atomic E-state index is 0.847. The second-order valence-electron chi connectivity index (χ2n) is 15.2. The van der Waals surface area contributed by atoms with Gasteiger partial charge in [0.2, 0.25) is 0 Å². The van der Waals surface area contributed by atoms with Crippen LogP contribution in [0.4, 0.5) is 5.69 Å². The van der Waals surface area contributed by atoms with Crippen LogP contribution in [-0.4, -0.2) is 11.1 Å². The van der Waals surface area contributed by atoms with E-state index in [-0.39, 0.29) is 0 Å². The van der Waals surface area contributed by atoms with Gasteiger partial charge in [0.05, 0.1) is 16.9 Å². The lowest BCUT2D eigenvalue weighted by molar-refractivity contribution is 1.10. The van der Waals surface area contributed by atoms with Crippen LogP contribution < -0.4 is 5.32 Å². The molecule has 0 fully saturated rings. The van der Waals surface area contributed by atoms with Crippen LogP contribution in [0.15, 0.2) is 194 Å². The van der Waals surface area contributed by atoms with Gasteiger partial charge in [-0.25, -0.2) is 0 Å². The average molecular weight is 725 g/mol. The Balaban J connectivity index is 1.01. The molecule has 57 heavy (non-hydrogen) atoms. The molecule has 1 aromatic heterocycles. The summed E-state index contributed by atoms with van der Waals surface area (Å²) in [6.07, 6.45) is 4.45. The van der Waals surface area contributed by atoms with Crippen LogP contribution in [0, 0.1) is 0 Å². The molecule has 1 aliphatic heterocycles. The predicted octanol–water partition coefficient (Wildman–Crippen LogP) is 14.7. The van der Waals surface area contributed by atoms with Crippen molar-refractivity contribution in [2.75, 3.05) is 11.9 Å². The van der Waals surface area contributed by atoms with Crippen molar-refractivity contribution >= 4 is 44.2 Å². The van der Waals surface area contributed by atoms with Crippen LogP contribution >= 0.6 is 0 Å². The average Bonchev–Trinajstić information content (AvgIpc) is 3.80. The van der Waals surface area contributed by atoms with Crippen molar-refractivity contribution in [3.63, 3.8) is 0 Å². The van der Waals surface area contributed by atoms with Gasteiger partial charge in [-0.3, -0.25) is 0 Å². The molecule has 1 aliphatic carbocycles. The largest absolute Gasteiger partial charge is 0.379 e. The molecular weight excluding hydrogens is 689 g/mol. The molecule has 0 radical (unpaired) electrons. The van der Waals surface area contributed by atoms with Crippen molar-refractivity contribution in [1.82, 2.24) is 4.57 Å². The van der Waals surface area contributed by atoms with E-state index in [2.05, 4.69) is 210 Å². The minimum atomic E-state index is 0.847. The molecule has 9 aromatic carbocycles. The standard InChI is InChI=1S/C55H36N2/c1-3-14-37(15-4-1)50-43-20-7-8-21-44(43)51(38-16-5-2-6-17-38)54-47-32-31-41(42-23-12-24-46(52(42)47)53(50)54)36-29-27-35(28-30-36)39-18-11-19-40(34-39)57-48-25-10-9-22-45(48)55-49(57)26-13-33-56-55/h1-32,34,56H,33H2. The first-order valence-electron chi connectivity index (χ1n) is 19.8. The zero-order valence-electron chi connectivity index (χ0n) is 31.2. The van der Waals surface area contributed by atoms with Gasteiger partial charge in [0.15, 0.2) is 0 Å². The van der Waals surface area contributed by atoms with Crippen LogP contribution in [-0.2, 0) is 0 Å². The summed E-state index contributed by atoms with van der Waals surface area (Å²) in [5.41, 5.74) is 20.0. The van der Waals surface area contributed by atoms with Gasteiger partial charge in [-0.2, -0.15) is 0 Å². The third-order valence-electron chi connectivity index (χ3n) is 12.1. The number of hydrogen-bond acceptors (Lipinski definition) is 1. The van der Waals surface area contributed by atoms with Gasteiger partial charge in [-0.15, -0.1) is 0 Å². The fourth-order valence-corrected chi connectivity index (χ4v) is 9.74. The molecule has 12 rings (SSSR count). The molecule has 1 N–H and O–H groups in total. The van der Waals surface area contributed by atoms with E-state index in [0.29, 0.717) is 0 Å². The summed E-state index contributed by atoms with van der Waals surface area (Å²) >= 11 is 0. The lowest BCUT2D eigenvalue weighted by Crippen LogP contribution is -2.05. The molecule has 2 aliphatic rings. The van der Waals surface area contributed by atoms with Crippen LogP contribution in [0.2, 0.25) is 0 Å². The molecule has 0 spiro atoms. The van der Waals surface area contributed by atoms with Gasteiger partial charge in [0, 0.05) is 17.6 Å². The van der Waals surface area contributed by atoms with Crippen molar-refractivity contribution in [2.24, 2.45) is 0 Å². The number of anilines is 1. The Kier molecular flexibility index (Phi) is 7.02. The lowest BCUT2D eigenvalue weighted by atomic mass is 9.82. The maximum absolute atomic E-state index is 3.61. The van der Waals surface area contributed by atoms with E-state index in [1.165, 1.54) is 111 Å². The highest BCUT2D eigenvalue weighted by Crippen LogP contribution is 2.58. The zero-order chi connectivity index (χ0) is 37.5. The second kappa shape index (κ2) is 12.6. The van der Waals surface area contributed by atoms with E-state index in [9.17, 15) is 0 Å². The van der Waals surface area contributed by atoms with Crippen molar-refractivity contribution in [3.8, 4) is 72.4 Å². The number of nitrogens with zero attached hydrogens (tertiary/aromatic N) is 1. The third-order valence-corrected chi connectivity index (χ3v) is 12.1. The quantitative estimate of drug-likeness (QED) is 0.187. The predicted molar refractivity (Wildman–Crippen MR) is 242 cm³/mol. The molecule has 0 saturated heterocycles. The number of fused-ring (bicyclic) bond motifs is 7. The van der Waals surface area contributed by atoms with Gasteiger partial charge in [0.25, 0.3) is 0 Å². The molecule has 0 saturated carbocycles. The first-order valence-corrected chi connectivity index (χ1v) is 19.8. The van der Waals surface area contributed by atoms with E-state index in [1.54, 1.807) is 0 Å². The molecule has 10 aromatic rings. The van der Waals surface area contributed by atoms with Crippen molar-refractivity contribution in [3.05, 3.63) is 200 Å². The highest BCUT2D eigenvalue weighted by atomic mass is 15.0. The molecule has 2 heterocycles. The zero-order valence-corrected chi connectivity index (χ0v) is 31.2. The maximum Gasteiger partial charge on any atom is 0.0698 e. The van der Waals surface area contributed by atoms with E-state index in [1.807, 2.05) is 0 Å². The van der Waals surface area contributed by atoms with E-state index >= 15 is 0 Å². The molecule has 2 nitrogen and oxygen atoms in total. The van der Waals surface area contributed by atoms with Crippen molar-refractivity contribution in [2.45, 2.75) is 0 Å². The van der Waals surface area contributed by atoms with E-state index in [4.69, 9.17) is 0 Å². The SMILES string of the molecule is C1=Cc2c(c3ccccc3n2-c2cccc(-c3ccc(-c4ccc5c6c(cccc46)-c4c-5c(-c5ccccc5)c5ccccc5c4-c4ccccc4)cc3)c2)NC1. The molecule has 0 unspecified atom stereocenters. The summed E-state index contributed by atoms with van der Waals surface area (Å²) in [5.74, 6) is 0. The lowest BCUT2D eigenvalue weighted by Gasteiger charge is -2.20. The molecule has 266 valence electrons. The number of nitrogens with one attached hydrogen (secondary N) is 1. The summed E-state index contributed by atoms with van der Waals surface area (Å²) in [7, 11) is 0. The minimum Gasteiger partial charge on any atom is -0.379 e. The summed E-state index contributed by atoms with van der Waals surface area (Å²) in [4.78, 5) is 0. The number of para-hydroxylation sites is 1. The number of hydrogen-bond donors (Lipinski definition) is 1. The monoisotopic (exact) mass is 724 g/mol. The molecule has 2 heteroatoms. The number of aromatic nitrogens is 1. The summed E-state index contributed by atoms with van der Waals surface area (Å²) in [5, 5.41) is 10.0. The number of benzene rings is 9. The number of rotatable bonds is 5. The molecule has 0 amide bonds. The van der Waals surface area contributed by atoms with Crippen molar-refractivity contribution < 1.29 is 0 Å². The summed E-state index contributed by atoms with van der Waals surface area (Å²) in [6, 6.07) is 69.3. The van der Waals surface area contributed by atoms with E-state index in [0.717, 1.165) is 12.2 Å². The fourth-order valence-electron chi connectivity index (χ4n) is 9.74. The highest BCUT2D eigenvalue weighted by Gasteiger charge is 2.31. The Morgan fingerprint density at radius 2 is 0.947 bits per heavy atom. The fraction of sp³-hybridized carbons (Fsp3) is 0.0182. The maximum atomic E-state index is 3.61. The van der Waals surface area contributed by atoms with Gasteiger partial charge >= 0.3 is 0 Å². The first-order chi connectivity index (χ1) is 28.3. The highest BCUT2D eigenvalue weighted by molar-refractivity contribution is 6.28. The Labute approximate surface area is 331 Å². The Bertz CT molecular complexity index is 3170. The van der Waals surface area contributed by atoms with Crippen molar-refractivity contribution in [1.29, 1.82) is 0 Å². The van der Waals surface area contributed by atoms with Gasteiger partial charge in [0.1, 0.15) is 0 Å². The summed E-state index contributed by atoms with van der Waals surface area (Å²) in [6.45, 7) is 0.847. The normalized spacial score (nSPS) is 12.6. The Hall–Kier alpha value is -7.42. The van der Waals surface area contributed by atoms with Crippen LogP contribution in [0.25, 0.3) is 111 Å². The smallest absolute Gasteiger partial charge is 0.0698 e. The molecule has 0 atom stereocenters. The summed E-state index contributed by atoms with van der Waals surface area (Å²) < 4.78 is 2.38. The van der Waals surface area contributed by atoms with Gasteiger partial charge < -0.3 is 9.88 Å². The Morgan fingerprint density at radius 1 is 0.386 bits per heavy atom. The molecular formula is C55H36N2. The first kappa shape index (κ1) is 31.9. The van der Waals surface area contributed by atoms with Crippen LogP contribution in [0.3, 0.4) is 0 Å². The third kappa shape index (κ3) is 4.77. The second-order valence-corrected chi connectivity index (χ2v) is 15.2. The van der Waals surface area contributed by atoms with Gasteiger partial charge in [-0.05, 0) is 113 Å². The van der Waals surface area contributed by atoms with E-state index < -0.39 is 0 Å². The molecule has 0 bridgehead atoms. The van der Waals surface area contributed by atoms with Crippen LogP contribution in [0.1, 0.15) is 5.69 Å².